The van der Waals surface area contributed by atoms with Crippen molar-refractivity contribution in [3.8, 4) is 0 Å². The van der Waals surface area contributed by atoms with Crippen molar-refractivity contribution in [1.29, 1.82) is 0 Å². The number of rotatable bonds is 6. The van der Waals surface area contributed by atoms with Crippen LogP contribution in [0.4, 0.5) is 0 Å². The van der Waals surface area contributed by atoms with E-state index in [1.165, 1.54) is 5.56 Å². The minimum absolute atomic E-state index is 0.0548. The molecule has 1 N–H and O–H groups in total. The zero-order valence-electron chi connectivity index (χ0n) is 12.9. The Labute approximate surface area is 130 Å². The molecule has 0 saturated heterocycles. The van der Waals surface area contributed by atoms with Crippen LogP contribution in [0.15, 0.2) is 59.5 Å². The Bertz CT molecular complexity index is 597. The molecule has 0 saturated carbocycles. The van der Waals surface area contributed by atoms with Crippen LogP contribution in [0.3, 0.4) is 0 Å². The van der Waals surface area contributed by atoms with Gasteiger partial charge in [-0.05, 0) is 43.7 Å². The van der Waals surface area contributed by atoms with E-state index in [1.807, 2.05) is 56.4 Å². The second kappa shape index (κ2) is 7.53. The Hall–Kier alpha value is -1.45. The Morgan fingerprint density at radius 1 is 1.10 bits per heavy atom. The van der Waals surface area contributed by atoms with Gasteiger partial charge in [0.1, 0.15) is 0 Å². The van der Waals surface area contributed by atoms with E-state index in [-0.39, 0.29) is 11.3 Å². The highest BCUT2D eigenvalue weighted by Gasteiger charge is 2.26. The highest BCUT2D eigenvalue weighted by atomic mass is 32.2. The van der Waals surface area contributed by atoms with Crippen LogP contribution in [-0.2, 0) is 10.8 Å². The van der Waals surface area contributed by atoms with Crippen LogP contribution < -0.4 is 5.32 Å². The van der Waals surface area contributed by atoms with E-state index in [0.29, 0.717) is 0 Å². The van der Waals surface area contributed by atoms with E-state index in [9.17, 15) is 4.21 Å². The monoisotopic (exact) mass is 301 g/mol. The van der Waals surface area contributed by atoms with Crippen molar-refractivity contribution in [1.82, 2.24) is 5.32 Å². The molecule has 2 aromatic carbocycles. The maximum Gasteiger partial charge on any atom is 0.0586 e. The van der Waals surface area contributed by atoms with Crippen molar-refractivity contribution in [3.63, 3.8) is 0 Å². The summed E-state index contributed by atoms with van der Waals surface area (Å²) in [5.74, 6) is 0. The van der Waals surface area contributed by atoms with Gasteiger partial charge in [-0.3, -0.25) is 4.21 Å². The van der Waals surface area contributed by atoms with Crippen LogP contribution in [0.25, 0.3) is 0 Å². The summed E-state index contributed by atoms with van der Waals surface area (Å²) in [5, 5.41) is 3.40. The summed E-state index contributed by atoms with van der Waals surface area (Å²) in [4.78, 5) is 0.915. The molecule has 0 radical (unpaired) electrons. The smallest absolute Gasteiger partial charge is 0.0586 e. The van der Waals surface area contributed by atoms with Crippen molar-refractivity contribution >= 4 is 10.8 Å². The van der Waals surface area contributed by atoms with Gasteiger partial charge in [-0.15, -0.1) is 0 Å². The van der Waals surface area contributed by atoms with Gasteiger partial charge in [0.2, 0.25) is 0 Å². The number of aryl methyl sites for hydroxylation is 1. The number of hydrogen-bond donors (Lipinski definition) is 1. The molecular formula is C18H23NOS. The Morgan fingerprint density at radius 2 is 1.81 bits per heavy atom. The summed E-state index contributed by atoms with van der Waals surface area (Å²) in [6, 6.07) is 18.4. The highest BCUT2D eigenvalue weighted by Crippen LogP contribution is 2.26. The molecule has 0 bridgehead atoms. The molecule has 2 nitrogen and oxygen atoms in total. The van der Waals surface area contributed by atoms with Gasteiger partial charge < -0.3 is 5.32 Å². The van der Waals surface area contributed by atoms with Crippen LogP contribution in [0.5, 0.6) is 0 Å². The van der Waals surface area contributed by atoms with E-state index < -0.39 is 10.8 Å². The lowest BCUT2D eigenvalue weighted by molar-refractivity contribution is 0.539. The molecule has 21 heavy (non-hydrogen) atoms. The van der Waals surface area contributed by atoms with Crippen molar-refractivity contribution in [2.24, 2.45) is 0 Å². The lowest BCUT2D eigenvalue weighted by atomic mass is 10.0. The van der Waals surface area contributed by atoms with Gasteiger partial charge in [-0.1, -0.05) is 49.4 Å². The van der Waals surface area contributed by atoms with E-state index in [4.69, 9.17) is 0 Å². The molecule has 0 amide bonds. The minimum Gasteiger partial charge on any atom is -0.312 e. The highest BCUT2D eigenvalue weighted by molar-refractivity contribution is 7.85. The summed E-state index contributed by atoms with van der Waals surface area (Å²) in [5.41, 5.74) is 2.34. The predicted molar refractivity (Wildman–Crippen MR) is 89.9 cm³/mol. The third-order valence-corrected chi connectivity index (χ3v) is 5.61. The first-order chi connectivity index (χ1) is 10.2. The van der Waals surface area contributed by atoms with E-state index in [0.717, 1.165) is 16.9 Å². The van der Waals surface area contributed by atoms with E-state index in [2.05, 4.69) is 24.4 Å². The first kappa shape index (κ1) is 15.9. The lowest BCUT2D eigenvalue weighted by Gasteiger charge is -2.26. The number of nitrogens with one attached hydrogen (secondary N) is 1. The molecule has 0 aliphatic heterocycles. The third kappa shape index (κ3) is 3.80. The first-order valence-electron chi connectivity index (χ1n) is 7.36. The van der Waals surface area contributed by atoms with Crippen molar-refractivity contribution in [3.05, 3.63) is 65.7 Å². The summed E-state index contributed by atoms with van der Waals surface area (Å²) in [6.45, 7) is 4.14. The molecule has 0 aliphatic carbocycles. The minimum atomic E-state index is -1.02. The molecule has 3 unspecified atom stereocenters. The average molecular weight is 301 g/mol. The zero-order valence-corrected chi connectivity index (χ0v) is 13.7. The van der Waals surface area contributed by atoms with Crippen molar-refractivity contribution in [2.45, 2.75) is 36.5 Å². The van der Waals surface area contributed by atoms with Gasteiger partial charge in [-0.2, -0.15) is 0 Å². The normalized spacial score (nSPS) is 15.4. The maximum absolute atomic E-state index is 13.0. The van der Waals surface area contributed by atoms with Gasteiger partial charge in [0.25, 0.3) is 0 Å². The van der Waals surface area contributed by atoms with E-state index in [1.54, 1.807) is 0 Å². The summed E-state index contributed by atoms with van der Waals surface area (Å²) < 4.78 is 13.0. The average Bonchev–Trinajstić information content (AvgIpc) is 2.52. The van der Waals surface area contributed by atoms with Gasteiger partial charge in [0.05, 0.1) is 16.0 Å². The fraction of sp³-hybridized carbons (Fsp3) is 0.333. The largest absolute Gasteiger partial charge is 0.312 e. The van der Waals surface area contributed by atoms with Crippen LogP contribution in [0, 0.1) is 6.92 Å². The molecule has 0 aliphatic rings. The van der Waals surface area contributed by atoms with Crippen LogP contribution >= 0.6 is 0 Å². The summed E-state index contributed by atoms with van der Waals surface area (Å²) >= 11 is 0. The Balaban J connectivity index is 2.31. The molecular weight excluding hydrogens is 278 g/mol. The van der Waals surface area contributed by atoms with Gasteiger partial charge in [-0.25, -0.2) is 0 Å². The quantitative estimate of drug-likeness (QED) is 0.878. The van der Waals surface area contributed by atoms with Crippen LogP contribution in [0.1, 0.15) is 30.5 Å². The van der Waals surface area contributed by atoms with Gasteiger partial charge in [0, 0.05) is 10.9 Å². The Kier molecular flexibility index (Phi) is 5.71. The van der Waals surface area contributed by atoms with E-state index >= 15 is 0 Å². The first-order valence-corrected chi connectivity index (χ1v) is 8.58. The maximum atomic E-state index is 13.0. The standard InChI is InChI=1S/C18H23NOS/c1-4-17(18(19-3)15-10-6-5-7-11-15)21(20)16-12-8-9-14(2)13-16/h5-13,17-19H,4H2,1-3H3. The molecule has 0 fully saturated rings. The second-order valence-corrected chi connectivity index (χ2v) is 6.91. The second-order valence-electron chi connectivity index (χ2n) is 5.24. The molecule has 0 heterocycles. The fourth-order valence-corrected chi connectivity index (χ4v) is 4.36. The fourth-order valence-electron chi connectivity index (χ4n) is 2.65. The molecule has 0 aromatic heterocycles. The molecule has 2 rings (SSSR count). The van der Waals surface area contributed by atoms with Crippen molar-refractivity contribution in [2.75, 3.05) is 7.05 Å². The van der Waals surface area contributed by atoms with Gasteiger partial charge >= 0.3 is 0 Å². The number of hydrogen-bond acceptors (Lipinski definition) is 2. The summed E-state index contributed by atoms with van der Waals surface area (Å²) in [6.07, 6.45) is 0.862. The SMILES string of the molecule is CCC(C(NC)c1ccccc1)S(=O)c1cccc(C)c1. The molecule has 2 aromatic rings. The zero-order chi connectivity index (χ0) is 15.2. The topological polar surface area (TPSA) is 29.1 Å². The van der Waals surface area contributed by atoms with Crippen LogP contribution in [0.2, 0.25) is 0 Å². The van der Waals surface area contributed by atoms with Crippen LogP contribution in [-0.4, -0.2) is 16.5 Å². The van der Waals surface area contributed by atoms with Gasteiger partial charge in [0.15, 0.2) is 0 Å². The number of benzene rings is 2. The summed E-state index contributed by atoms with van der Waals surface area (Å²) in [7, 11) is 0.914. The molecule has 3 heteroatoms. The Morgan fingerprint density at radius 3 is 2.38 bits per heavy atom. The molecule has 3 atom stereocenters. The van der Waals surface area contributed by atoms with Crippen molar-refractivity contribution < 1.29 is 4.21 Å². The predicted octanol–water partition coefficient (Wildman–Crippen LogP) is 3.84. The lowest BCUT2D eigenvalue weighted by Crippen LogP contribution is -2.32. The molecule has 112 valence electrons. The third-order valence-electron chi connectivity index (χ3n) is 3.74. The molecule has 0 spiro atoms.